The number of ether oxygens (including phenoxy) is 1. The Morgan fingerprint density at radius 2 is 1.22 bits per heavy atom. The highest BCUT2D eigenvalue weighted by molar-refractivity contribution is 5.72. The topological polar surface area (TPSA) is 26.3 Å². The lowest BCUT2D eigenvalue weighted by molar-refractivity contribution is -0.148. The van der Waals surface area contributed by atoms with Gasteiger partial charge in [-0.25, -0.2) is 0 Å². The van der Waals surface area contributed by atoms with Crippen LogP contribution in [-0.4, -0.2) is 12.6 Å². The number of unbranched alkanes of at least 4 members (excludes halogenated alkanes) is 15. The normalized spacial score (nSPS) is 16.6. The Balaban J connectivity index is 1.72. The van der Waals surface area contributed by atoms with Crippen molar-refractivity contribution in [1.29, 1.82) is 0 Å². The van der Waals surface area contributed by atoms with E-state index in [1.54, 1.807) is 0 Å². The van der Waals surface area contributed by atoms with Crippen LogP contribution in [0.15, 0.2) is 12.2 Å². The maximum absolute atomic E-state index is 11.9. The lowest BCUT2D eigenvalue weighted by atomic mass is 9.95. The molecule has 27 heavy (non-hydrogen) atoms. The van der Waals surface area contributed by atoms with E-state index in [9.17, 15) is 4.79 Å². The van der Waals surface area contributed by atoms with E-state index in [1.165, 1.54) is 96.3 Å². The van der Waals surface area contributed by atoms with Gasteiger partial charge in [0.2, 0.25) is 0 Å². The molecule has 0 aromatic heterocycles. The molecule has 0 aliphatic heterocycles. The number of hydrogen-bond acceptors (Lipinski definition) is 2. The summed E-state index contributed by atoms with van der Waals surface area (Å²) in [6, 6.07) is 0. The van der Waals surface area contributed by atoms with Gasteiger partial charge in [-0.15, -0.1) is 0 Å². The zero-order valence-electron chi connectivity index (χ0n) is 18.2. The second-order valence-corrected chi connectivity index (χ2v) is 8.45. The summed E-state index contributed by atoms with van der Waals surface area (Å²) in [5.74, 6) is 0.149. The summed E-state index contributed by atoms with van der Waals surface area (Å²) in [6.45, 7) is 2.91. The molecule has 1 rings (SSSR count). The van der Waals surface area contributed by atoms with Crippen LogP contribution in [0, 0.1) is 5.92 Å². The SMILES string of the molecule is CCCCCCCCCCCCCCCCCCOC(=O)C1CC=CCC1. The van der Waals surface area contributed by atoms with E-state index in [-0.39, 0.29) is 11.9 Å². The Morgan fingerprint density at radius 3 is 1.67 bits per heavy atom. The molecule has 0 bridgehead atoms. The Kier molecular flexibility index (Phi) is 16.7. The van der Waals surface area contributed by atoms with Crippen molar-refractivity contribution in [3.63, 3.8) is 0 Å². The fourth-order valence-corrected chi connectivity index (χ4v) is 3.95. The molecule has 0 saturated carbocycles. The molecule has 0 N–H and O–H groups in total. The highest BCUT2D eigenvalue weighted by Gasteiger charge is 2.19. The lowest BCUT2D eigenvalue weighted by Gasteiger charge is -2.16. The molecule has 0 aromatic rings. The van der Waals surface area contributed by atoms with Crippen LogP contribution in [0.25, 0.3) is 0 Å². The number of hydrogen-bond donors (Lipinski definition) is 0. The minimum Gasteiger partial charge on any atom is -0.465 e. The van der Waals surface area contributed by atoms with Crippen LogP contribution < -0.4 is 0 Å². The molecule has 0 aromatic carbocycles. The number of allylic oxidation sites excluding steroid dienone is 2. The smallest absolute Gasteiger partial charge is 0.309 e. The van der Waals surface area contributed by atoms with Crippen LogP contribution >= 0.6 is 0 Å². The third kappa shape index (κ3) is 14.9. The van der Waals surface area contributed by atoms with Crippen molar-refractivity contribution >= 4 is 5.97 Å². The quantitative estimate of drug-likeness (QED) is 0.137. The van der Waals surface area contributed by atoms with E-state index < -0.39 is 0 Å². The molecule has 0 heterocycles. The van der Waals surface area contributed by atoms with E-state index in [2.05, 4.69) is 19.1 Å². The van der Waals surface area contributed by atoms with Gasteiger partial charge in [0.05, 0.1) is 12.5 Å². The molecular weight excluding hydrogens is 332 g/mol. The van der Waals surface area contributed by atoms with Gasteiger partial charge in [0, 0.05) is 0 Å². The first-order valence-corrected chi connectivity index (χ1v) is 12.2. The standard InChI is InChI=1S/C25H46O2/c1-2-3-4-5-6-7-8-9-10-11-12-13-14-15-16-20-23-27-25(26)24-21-18-17-19-22-24/h17-18,24H,2-16,19-23H2,1H3. The Hall–Kier alpha value is -0.790. The van der Waals surface area contributed by atoms with Gasteiger partial charge in [-0.1, -0.05) is 115 Å². The highest BCUT2D eigenvalue weighted by Crippen LogP contribution is 2.19. The zero-order valence-corrected chi connectivity index (χ0v) is 18.2. The van der Waals surface area contributed by atoms with Gasteiger partial charge >= 0.3 is 5.97 Å². The monoisotopic (exact) mass is 378 g/mol. The summed E-state index contributed by atoms with van der Waals surface area (Å²) in [5.41, 5.74) is 0. The molecular formula is C25H46O2. The summed E-state index contributed by atoms with van der Waals surface area (Å²) in [5, 5.41) is 0. The molecule has 1 aliphatic rings. The van der Waals surface area contributed by atoms with E-state index >= 15 is 0 Å². The fourth-order valence-electron chi connectivity index (χ4n) is 3.95. The Morgan fingerprint density at radius 1 is 0.741 bits per heavy atom. The molecule has 2 nitrogen and oxygen atoms in total. The maximum Gasteiger partial charge on any atom is 0.309 e. The second-order valence-electron chi connectivity index (χ2n) is 8.45. The fraction of sp³-hybridized carbons (Fsp3) is 0.880. The third-order valence-electron chi connectivity index (χ3n) is 5.84. The predicted molar refractivity (Wildman–Crippen MR) is 117 cm³/mol. The molecule has 0 amide bonds. The first-order valence-electron chi connectivity index (χ1n) is 12.2. The van der Waals surface area contributed by atoms with Gasteiger partial charge in [0.1, 0.15) is 0 Å². The van der Waals surface area contributed by atoms with Crippen molar-refractivity contribution in [2.45, 2.75) is 129 Å². The molecule has 0 spiro atoms. The number of rotatable bonds is 18. The molecule has 0 fully saturated rings. The van der Waals surface area contributed by atoms with Crippen LogP contribution in [0.2, 0.25) is 0 Å². The molecule has 1 aliphatic carbocycles. The van der Waals surface area contributed by atoms with Crippen LogP contribution in [0.4, 0.5) is 0 Å². The minimum absolute atomic E-state index is 0.0281. The molecule has 158 valence electrons. The van der Waals surface area contributed by atoms with Crippen LogP contribution in [0.1, 0.15) is 129 Å². The number of carbonyl (C=O) groups is 1. The van der Waals surface area contributed by atoms with Crippen LogP contribution in [-0.2, 0) is 9.53 Å². The average molecular weight is 379 g/mol. The molecule has 1 atom stereocenters. The second kappa shape index (κ2) is 18.6. The number of carbonyl (C=O) groups excluding carboxylic acids is 1. The van der Waals surface area contributed by atoms with Crippen molar-refractivity contribution in [1.82, 2.24) is 0 Å². The van der Waals surface area contributed by atoms with E-state index in [0.717, 1.165) is 25.7 Å². The highest BCUT2D eigenvalue weighted by atomic mass is 16.5. The molecule has 0 saturated heterocycles. The van der Waals surface area contributed by atoms with Gasteiger partial charge in [-0.3, -0.25) is 4.79 Å². The minimum atomic E-state index is 0.0281. The Bertz CT molecular complexity index is 361. The van der Waals surface area contributed by atoms with Gasteiger partial charge in [-0.2, -0.15) is 0 Å². The van der Waals surface area contributed by atoms with E-state index in [4.69, 9.17) is 4.74 Å². The van der Waals surface area contributed by atoms with Crippen molar-refractivity contribution in [2.75, 3.05) is 6.61 Å². The number of esters is 1. The van der Waals surface area contributed by atoms with Crippen LogP contribution in [0.3, 0.4) is 0 Å². The summed E-state index contributed by atoms with van der Waals surface area (Å²) < 4.78 is 5.43. The Labute approximate surface area is 169 Å². The molecule has 0 radical (unpaired) electrons. The lowest BCUT2D eigenvalue weighted by Crippen LogP contribution is -2.19. The molecule has 2 heteroatoms. The van der Waals surface area contributed by atoms with Crippen molar-refractivity contribution in [2.24, 2.45) is 5.92 Å². The zero-order chi connectivity index (χ0) is 19.4. The average Bonchev–Trinajstić information content (AvgIpc) is 2.70. The van der Waals surface area contributed by atoms with Crippen molar-refractivity contribution in [3.8, 4) is 0 Å². The van der Waals surface area contributed by atoms with Gasteiger partial charge in [0.15, 0.2) is 0 Å². The van der Waals surface area contributed by atoms with Gasteiger partial charge in [0.25, 0.3) is 0 Å². The van der Waals surface area contributed by atoms with Gasteiger partial charge in [-0.05, 0) is 25.7 Å². The molecule has 1 unspecified atom stereocenters. The summed E-state index contributed by atoms with van der Waals surface area (Å²) in [7, 11) is 0. The van der Waals surface area contributed by atoms with Crippen LogP contribution in [0.5, 0.6) is 0 Å². The predicted octanol–water partition coefficient (Wildman–Crippen LogP) is 8.15. The largest absolute Gasteiger partial charge is 0.465 e. The summed E-state index contributed by atoms with van der Waals surface area (Å²) >= 11 is 0. The van der Waals surface area contributed by atoms with Crippen molar-refractivity contribution in [3.05, 3.63) is 12.2 Å². The third-order valence-corrected chi connectivity index (χ3v) is 5.84. The summed E-state index contributed by atoms with van der Waals surface area (Å²) in [6.07, 6.45) is 29.1. The first kappa shape index (κ1) is 24.2. The van der Waals surface area contributed by atoms with E-state index in [1.807, 2.05) is 0 Å². The van der Waals surface area contributed by atoms with Crippen molar-refractivity contribution < 1.29 is 9.53 Å². The van der Waals surface area contributed by atoms with Gasteiger partial charge < -0.3 is 4.74 Å². The first-order chi connectivity index (χ1) is 13.3. The summed E-state index contributed by atoms with van der Waals surface area (Å²) in [4.78, 5) is 11.9. The maximum atomic E-state index is 11.9. The van der Waals surface area contributed by atoms with E-state index in [0.29, 0.717) is 6.61 Å².